The highest BCUT2D eigenvalue weighted by atomic mass is 16.6. The van der Waals surface area contributed by atoms with Crippen molar-refractivity contribution in [3.8, 4) is 0 Å². The molecule has 0 atom stereocenters. The number of nitrogens with zero attached hydrogens (tertiary/aromatic N) is 1. The molecule has 0 unspecified atom stereocenters. The van der Waals surface area contributed by atoms with Crippen LogP contribution in [-0.4, -0.2) is 29.0 Å². The maximum absolute atomic E-state index is 11.3. The van der Waals surface area contributed by atoms with E-state index in [1.807, 2.05) is 0 Å². The van der Waals surface area contributed by atoms with E-state index in [-0.39, 0.29) is 5.91 Å². The van der Waals surface area contributed by atoms with Gasteiger partial charge in [0.05, 0.1) is 0 Å². The predicted molar refractivity (Wildman–Crippen MR) is 49.3 cm³/mol. The van der Waals surface area contributed by atoms with E-state index in [1.165, 1.54) is 6.92 Å². The van der Waals surface area contributed by atoms with Gasteiger partial charge in [0.2, 0.25) is 5.91 Å². The van der Waals surface area contributed by atoms with Crippen molar-refractivity contribution in [1.82, 2.24) is 4.90 Å². The molecule has 0 rings (SSSR count). The lowest BCUT2D eigenvalue weighted by atomic mass is 10.2. The van der Waals surface area contributed by atoms with E-state index in [0.717, 1.165) is 4.90 Å². The molecule has 0 saturated carbocycles. The Balaban J connectivity index is 4.32. The molecule has 0 aliphatic heterocycles. The smallest absolute Gasteiger partial charge is 0.417 e. The van der Waals surface area contributed by atoms with Gasteiger partial charge in [-0.05, 0) is 27.7 Å². The summed E-state index contributed by atoms with van der Waals surface area (Å²) in [5.74, 6) is -0.295. The zero-order chi connectivity index (χ0) is 10.6. The van der Waals surface area contributed by atoms with Crippen LogP contribution in [-0.2, 0) is 9.53 Å². The number of carbonyl (C=O) groups is 2. The number of hydrogen-bond donors (Lipinski definition) is 0. The number of ether oxygens (including phenoxy) is 1. The molecule has 0 spiro atoms. The van der Waals surface area contributed by atoms with Crippen LogP contribution in [0.2, 0.25) is 0 Å². The Labute approximate surface area is 78.9 Å². The highest BCUT2D eigenvalue weighted by Crippen LogP contribution is 2.09. The maximum Gasteiger partial charge on any atom is 0.417 e. The molecule has 0 aliphatic carbocycles. The first-order valence-corrected chi connectivity index (χ1v) is 4.29. The van der Waals surface area contributed by atoms with Crippen molar-refractivity contribution < 1.29 is 14.3 Å². The van der Waals surface area contributed by atoms with E-state index in [2.05, 4.69) is 0 Å². The lowest BCUT2D eigenvalue weighted by Crippen LogP contribution is -2.39. The molecular formula is C9H17NO3. The lowest BCUT2D eigenvalue weighted by Gasteiger charge is -2.24. The third-order valence-electron chi connectivity index (χ3n) is 1.31. The van der Waals surface area contributed by atoms with Crippen molar-refractivity contribution in [3.05, 3.63) is 0 Å². The standard InChI is InChI=1S/C9H17NO3/c1-6-10(7(2)11)8(12)13-9(3,4)5/h6H2,1-5H3. The molecule has 0 bridgehead atoms. The van der Waals surface area contributed by atoms with Crippen molar-refractivity contribution in [3.63, 3.8) is 0 Å². The van der Waals surface area contributed by atoms with Crippen LogP contribution in [0.15, 0.2) is 0 Å². The van der Waals surface area contributed by atoms with Gasteiger partial charge < -0.3 is 4.74 Å². The number of hydrogen-bond acceptors (Lipinski definition) is 3. The normalized spacial score (nSPS) is 10.8. The summed E-state index contributed by atoms with van der Waals surface area (Å²) in [4.78, 5) is 23.3. The molecule has 0 radical (unpaired) electrons. The van der Waals surface area contributed by atoms with Gasteiger partial charge in [0.25, 0.3) is 0 Å². The number of amides is 2. The Kier molecular flexibility index (Phi) is 3.91. The van der Waals surface area contributed by atoms with Gasteiger partial charge in [-0.2, -0.15) is 0 Å². The molecule has 0 saturated heterocycles. The van der Waals surface area contributed by atoms with E-state index in [9.17, 15) is 9.59 Å². The second-order valence-corrected chi connectivity index (χ2v) is 3.74. The first kappa shape index (κ1) is 11.9. The fourth-order valence-electron chi connectivity index (χ4n) is 0.797. The zero-order valence-corrected chi connectivity index (χ0v) is 8.88. The Morgan fingerprint density at radius 1 is 1.31 bits per heavy atom. The molecule has 0 aliphatic rings. The molecule has 0 N–H and O–H groups in total. The van der Waals surface area contributed by atoms with E-state index in [1.54, 1.807) is 27.7 Å². The average Bonchev–Trinajstić information content (AvgIpc) is 1.82. The minimum atomic E-state index is -0.581. The van der Waals surface area contributed by atoms with Crippen molar-refractivity contribution in [2.45, 2.75) is 40.2 Å². The molecule has 0 aromatic rings. The summed E-state index contributed by atoms with van der Waals surface area (Å²) < 4.78 is 5.02. The van der Waals surface area contributed by atoms with Crippen LogP contribution < -0.4 is 0 Å². The second kappa shape index (κ2) is 4.25. The lowest BCUT2D eigenvalue weighted by molar-refractivity contribution is -0.127. The van der Waals surface area contributed by atoms with Crippen molar-refractivity contribution in [2.24, 2.45) is 0 Å². The quantitative estimate of drug-likeness (QED) is 0.628. The van der Waals surface area contributed by atoms with Crippen molar-refractivity contribution in [2.75, 3.05) is 6.54 Å². The van der Waals surface area contributed by atoms with Crippen LogP contribution in [0.5, 0.6) is 0 Å². The van der Waals surface area contributed by atoms with Gasteiger partial charge in [0, 0.05) is 13.5 Å². The fraction of sp³-hybridized carbons (Fsp3) is 0.778. The summed E-state index contributed by atoms with van der Waals surface area (Å²) in [5.41, 5.74) is -0.556. The predicted octanol–water partition coefficient (Wildman–Crippen LogP) is 1.79. The van der Waals surface area contributed by atoms with E-state index >= 15 is 0 Å². The summed E-state index contributed by atoms with van der Waals surface area (Å²) in [5, 5.41) is 0. The largest absolute Gasteiger partial charge is 0.443 e. The van der Waals surface area contributed by atoms with Gasteiger partial charge in [0.15, 0.2) is 0 Å². The molecular weight excluding hydrogens is 170 g/mol. The first-order chi connectivity index (χ1) is 5.78. The first-order valence-electron chi connectivity index (χ1n) is 4.29. The highest BCUT2D eigenvalue weighted by Gasteiger charge is 2.23. The van der Waals surface area contributed by atoms with Crippen LogP contribution in [0, 0.1) is 0 Å². The van der Waals surface area contributed by atoms with Gasteiger partial charge >= 0.3 is 6.09 Å². The van der Waals surface area contributed by atoms with Gasteiger partial charge in [-0.15, -0.1) is 0 Å². The van der Waals surface area contributed by atoms with Crippen LogP contribution in [0.25, 0.3) is 0 Å². The minimum absolute atomic E-state index is 0.295. The summed E-state index contributed by atoms with van der Waals surface area (Å²) in [6.45, 7) is 8.69. The molecule has 0 aromatic heterocycles. The Hall–Kier alpha value is -1.06. The summed E-state index contributed by atoms with van der Waals surface area (Å²) in [6, 6.07) is 0. The zero-order valence-electron chi connectivity index (χ0n) is 8.88. The van der Waals surface area contributed by atoms with Gasteiger partial charge in [0.1, 0.15) is 5.60 Å². The summed E-state index contributed by atoms with van der Waals surface area (Å²) in [6.07, 6.45) is -0.581. The number of carbonyl (C=O) groups excluding carboxylic acids is 2. The van der Waals surface area contributed by atoms with Crippen LogP contribution >= 0.6 is 0 Å². The van der Waals surface area contributed by atoms with Crippen molar-refractivity contribution in [1.29, 1.82) is 0 Å². The Morgan fingerprint density at radius 3 is 2.00 bits per heavy atom. The monoisotopic (exact) mass is 187 g/mol. The molecule has 4 heteroatoms. The Bertz CT molecular complexity index is 205. The summed E-state index contributed by atoms with van der Waals surface area (Å²) in [7, 11) is 0. The Morgan fingerprint density at radius 2 is 1.77 bits per heavy atom. The summed E-state index contributed by atoms with van der Waals surface area (Å²) >= 11 is 0. The number of imide groups is 1. The SMILES string of the molecule is CCN(C(C)=O)C(=O)OC(C)(C)C. The molecule has 2 amide bonds. The fourth-order valence-corrected chi connectivity index (χ4v) is 0.797. The maximum atomic E-state index is 11.3. The van der Waals surface area contributed by atoms with E-state index in [4.69, 9.17) is 4.74 Å². The number of rotatable bonds is 1. The van der Waals surface area contributed by atoms with Gasteiger partial charge in [-0.1, -0.05) is 0 Å². The molecule has 13 heavy (non-hydrogen) atoms. The van der Waals surface area contributed by atoms with Crippen molar-refractivity contribution >= 4 is 12.0 Å². The third-order valence-corrected chi connectivity index (χ3v) is 1.31. The third kappa shape index (κ3) is 4.50. The topological polar surface area (TPSA) is 46.6 Å². The minimum Gasteiger partial charge on any atom is -0.443 e. The van der Waals surface area contributed by atoms with E-state index < -0.39 is 11.7 Å². The second-order valence-electron chi connectivity index (χ2n) is 3.74. The molecule has 76 valence electrons. The molecule has 0 aromatic carbocycles. The molecule has 4 nitrogen and oxygen atoms in total. The highest BCUT2D eigenvalue weighted by molar-refractivity contribution is 5.90. The molecule has 0 fully saturated rings. The van der Waals surface area contributed by atoms with Crippen LogP contribution in [0.3, 0.4) is 0 Å². The average molecular weight is 187 g/mol. The van der Waals surface area contributed by atoms with Crippen LogP contribution in [0.4, 0.5) is 4.79 Å². The molecule has 0 heterocycles. The van der Waals surface area contributed by atoms with Crippen LogP contribution in [0.1, 0.15) is 34.6 Å². The van der Waals surface area contributed by atoms with Gasteiger partial charge in [-0.3, -0.25) is 4.79 Å². The van der Waals surface area contributed by atoms with E-state index in [0.29, 0.717) is 6.54 Å². The van der Waals surface area contributed by atoms with Gasteiger partial charge in [-0.25, -0.2) is 9.69 Å².